The number of halogens is 2. The van der Waals surface area contributed by atoms with Gasteiger partial charge >= 0.3 is 6.09 Å². The van der Waals surface area contributed by atoms with Crippen molar-refractivity contribution in [2.45, 2.75) is 39.2 Å². The van der Waals surface area contributed by atoms with E-state index in [1.165, 1.54) is 0 Å². The van der Waals surface area contributed by atoms with Crippen molar-refractivity contribution in [2.24, 2.45) is 0 Å². The highest BCUT2D eigenvalue weighted by Gasteiger charge is 2.25. The van der Waals surface area contributed by atoms with Gasteiger partial charge in [0.25, 0.3) is 0 Å². The van der Waals surface area contributed by atoms with E-state index >= 15 is 0 Å². The van der Waals surface area contributed by atoms with Crippen LogP contribution in [0.1, 0.15) is 39.2 Å². The number of ether oxygens (including phenoxy) is 1. The van der Waals surface area contributed by atoms with Crippen LogP contribution in [0.2, 0.25) is 10.0 Å². The van der Waals surface area contributed by atoms with Crippen LogP contribution in [0.4, 0.5) is 4.79 Å². The number of carbonyl (C=O) groups excluding carboxylic acids is 1. The molecule has 1 aliphatic rings. The zero-order valence-electron chi connectivity index (χ0n) is 14.2. The molecule has 1 heterocycles. The fourth-order valence-electron chi connectivity index (χ4n) is 2.69. The van der Waals surface area contributed by atoms with Crippen LogP contribution in [0, 0.1) is 0 Å². The van der Waals surface area contributed by atoms with E-state index in [4.69, 9.17) is 27.9 Å². The maximum absolute atomic E-state index is 12.3. The largest absolute Gasteiger partial charge is 0.444 e. The molecule has 2 rings (SSSR count). The lowest BCUT2D eigenvalue weighted by molar-refractivity contribution is 0.0266. The van der Waals surface area contributed by atoms with Gasteiger partial charge in [-0.15, -0.1) is 0 Å². The summed E-state index contributed by atoms with van der Waals surface area (Å²) in [6, 6.07) is 5.44. The molecule has 1 amide bonds. The Morgan fingerprint density at radius 2 is 2.00 bits per heavy atom. The van der Waals surface area contributed by atoms with Gasteiger partial charge < -0.3 is 14.7 Å². The van der Waals surface area contributed by atoms with E-state index in [0.717, 1.165) is 29.6 Å². The molecule has 1 aromatic rings. The van der Waals surface area contributed by atoms with E-state index in [-0.39, 0.29) is 12.7 Å². The number of amides is 1. The molecule has 132 valence electrons. The smallest absolute Gasteiger partial charge is 0.410 e. The molecule has 0 unspecified atom stereocenters. The molecule has 0 saturated heterocycles. The molecule has 6 heteroatoms. The normalized spacial score (nSPS) is 16.2. The van der Waals surface area contributed by atoms with E-state index in [0.29, 0.717) is 23.1 Å². The molecule has 0 aromatic heterocycles. The molecular weight excluding hydrogens is 349 g/mol. The summed E-state index contributed by atoms with van der Waals surface area (Å²) in [5.74, 6) is 0. The van der Waals surface area contributed by atoms with Gasteiger partial charge in [0.2, 0.25) is 0 Å². The van der Waals surface area contributed by atoms with E-state index in [2.05, 4.69) is 0 Å². The van der Waals surface area contributed by atoms with Crippen LogP contribution < -0.4 is 0 Å². The molecule has 0 atom stereocenters. The molecule has 4 nitrogen and oxygen atoms in total. The lowest BCUT2D eigenvalue weighted by atomic mass is 9.97. The standard InChI is InChI=1S/C18H23Cl2NO3/c1-18(2,3)24-17(23)21-8-4-5-14(13(10-21)11-22)12-6-7-15(19)16(20)9-12/h6-7,9,22H,4-5,8,10-11H2,1-3H3. The quantitative estimate of drug-likeness (QED) is 0.814. The molecule has 1 aliphatic heterocycles. The molecule has 0 fully saturated rings. The van der Waals surface area contributed by atoms with Crippen molar-refractivity contribution in [3.05, 3.63) is 39.4 Å². The number of rotatable bonds is 2. The fraction of sp³-hybridized carbons (Fsp3) is 0.500. The maximum Gasteiger partial charge on any atom is 0.410 e. The molecule has 24 heavy (non-hydrogen) atoms. The molecule has 0 radical (unpaired) electrons. The van der Waals surface area contributed by atoms with Gasteiger partial charge in [-0.05, 0) is 62.5 Å². The van der Waals surface area contributed by atoms with Gasteiger partial charge in [-0.3, -0.25) is 0 Å². The number of nitrogens with zero attached hydrogens (tertiary/aromatic N) is 1. The minimum Gasteiger partial charge on any atom is -0.444 e. The van der Waals surface area contributed by atoms with Crippen LogP contribution >= 0.6 is 23.2 Å². The average molecular weight is 372 g/mol. The molecule has 0 aliphatic carbocycles. The molecule has 0 saturated carbocycles. The number of benzene rings is 1. The number of allylic oxidation sites excluding steroid dienone is 1. The topological polar surface area (TPSA) is 49.8 Å². The number of carbonyl (C=O) groups is 1. The Morgan fingerprint density at radius 3 is 2.58 bits per heavy atom. The van der Waals surface area contributed by atoms with Gasteiger partial charge in [0.1, 0.15) is 5.60 Å². The summed E-state index contributed by atoms with van der Waals surface area (Å²) in [5, 5.41) is 10.8. The van der Waals surface area contributed by atoms with Crippen molar-refractivity contribution < 1.29 is 14.6 Å². The SMILES string of the molecule is CC(C)(C)OC(=O)N1CCCC(c2ccc(Cl)c(Cl)c2)=C(CO)C1. The highest BCUT2D eigenvalue weighted by Crippen LogP contribution is 2.32. The number of hydrogen-bond donors (Lipinski definition) is 1. The van der Waals surface area contributed by atoms with Gasteiger partial charge in [-0.1, -0.05) is 29.3 Å². The first-order chi connectivity index (χ1) is 11.2. The minimum absolute atomic E-state index is 0.116. The monoisotopic (exact) mass is 371 g/mol. The van der Waals surface area contributed by atoms with Crippen LogP contribution in [0.25, 0.3) is 5.57 Å². The first-order valence-corrected chi connectivity index (χ1v) is 8.72. The highest BCUT2D eigenvalue weighted by atomic mass is 35.5. The van der Waals surface area contributed by atoms with Gasteiger partial charge in [-0.25, -0.2) is 4.79 Å². The molecule has 1 N–H and O–H groups in total. The van der Waals surface area contributed by atoms with Crippen LogP contribution in [0.5, 0.6) is 0 Å². The molecule has 0 spiro atoms. The maximum atomic E-state index is 12.3. The Kier molecular flexibility index (Phi) is 6.18. The Hall–Kier alpha value is -1.23. The van der Waals surface area contributed by atoms with Crippen molar-refractivity contribution in [1.29, 1.82) is 0 Å². The van der Waals surface area contributed by atoms with E-state index in [1.54, 1.807) is 17.0 Å². The summed E-state index contributed by atoms with van der Waals surface area (Å²) in [6.07, 6.45) is 1.19. The van der Waals surface area contributed by atoms with E-state index in [1.807, 2.05) is 26.8 Å². The molecule has 0 bridgehead atoms. The summed E-state index contributed by atoms with van der Waals surface area (Å²) in [6.45, 7) is 6.34. The first-order valence-electron chi connectivity index (χ1n) is 7.96. The second kappa shape index (κ2) is 7.77. The Balaban J connectivity index is 2.28. The van der Waals surface area contributed by atoms with Gasteiger partial charge in [0, 0.05) is 13.1 Å². The van der Waals surface area contributed by atoms with E-state index in [9.17, 15) is 9.90 Å². The third kappa shape index (κ3) is 4.88. The van der Waals surface area contributed by atoms with Gasteiger partial charge in [0.15, 0.2) is 0 Å². The fourth-order valence-corrected chi connectivity index (χ4v) is 2.99. The predicted molar refractivity (Wildman–Crippen MR) is 97.5 cm³/mol. The van der Waals surface area contributed by atoms with E-state index < -0.39 is 5.60 Å². The summed E-state index contributed by atoms with van der Waals surface area (Å²) in [4.78, 5) is 14.0. The second-order valence-corrected chi connectivity index (χ2v) is 7.69. The van der Waals surface area contributed by atoms with Crippen LogP contribution in [0.3, 0.4) is 0 Å². The number of aliphatic hydroxyl groups excluding tert-OH is 1. The summed E-state index contributed by atoms with van der Waals surface area (Å²) < 4.78 is 5.45. The first kappa shape index (κ1) is 19.1. The average Bonchev–Trinajstić information content (AvgIpc) is 2.70. The van der Waals surface area contributed by atoms with Gasteiger partial charge in [-0.2, -0.15) is 0 Å². The summed E-state index contributed by atoms with van der Waals surface area (Å²) in [5.41, 5.74) is 2.21. The summed E-state index contributed by atoms with van der Waals surface area (Å²) in [7, 11) is 0. The van der Waals surface area contributed by atoms with Crippen LogP contribution in [0.15, 0.2) is 23.8 Å². The van der Waals surface area contributed by atoms with Crippen molar-refractivity contribution >= 4 is 34.9 Å². The molecular formula is C18H23Cl2NO3. The van der Waals surface area contributed by atoms with Crippen molar-refractivity contribution in [1.82, 2.24) is 4.90 Å². The summed E-state index contributed by atoms with van der Waals surface area (Å²) >= 11 is 12.1. The number of hydrogen-bond acceptors (Lipinski definition) is 3. The second-order valence-electron chi connectivity index (χ2n) is 6.87. The van der Waals surface area contributed by atoms with Crippen LogP contribution in [-0.4, -0.2) is 41.4 Å². The zero-order valence-corrected chi connectivity index (χ0v) is 15.7. The Labute approximate surface area is 153 Å². The van der Waals surface area contributed by atoms with Crippen molar-refractivity contribution in [2.75, 3.05) is 19.7 Å². The third-order valence-corrected chi connectivity index (χ3v) is 4.51. The predicted octanol–water partition coefficient (Wildman–Crippen LogP) is 4.77. The Morgan fingerprint density at radius 1 is 1.29 bits per heavy atom. The minimum atomic E-state index is -0.543. The molecule has 1 aromatic carbocycles. The zero-order chi connectivity index (χ0) is 17.9. The van der Waals surface area contributed by atoms with Gasteiger partial charge in [0.05, 0.1) is 16.7 Å². The van der Waals surface area contributed by atoms with Crippen molar-refractivity contribution in [3.8, 4) is 0 Å². The number of aliphatic hydroxyl groups is 1. The highest BCUT2D eigenvalue weighted by molar-refractivity contribution is 6.42. The van der Waals surface area contributed by atoms with Crippen molar-refractivity contribution in [3.63, 3.8) is 0 Å². The lowest BCUT2D eigenvalue weighted by Gasteiger charge is -2.27. The van der Waals surface area contributed by atoms with Crippen LogP contribution in [-0.2, 0) is 4.74 Å². The Bertz CT molecular complexity index is 650. The third-order valence-electron chi connectivity index (χ3n) is 3.77. The lowest BCUT2D eigenvalue weighted by Crippen LogP contribution is -2.38.